The highest BCUT2D eigenvalue weighted by atomic mass is 19.1. The maximum absolute atomic E-state index is 13.6. The van der Waals surface area contributed by atoms with Gasteiger partial charge in [0.1, 0.15) is 17.8 Å². The number of aromatic nitrogens is 4. The van der Waals surface area contributed by atoms with Crippen LogP contribution in [0.25, 0.3) is 28.1 Å². The lowest BCUT2D eigenvalue weighted by molar-refractivity contribution is 0.122. The summed E-state index contributed by atoms with van der Waals surface area (Å²) in [6.45, 7) is 3.14. The summed E-state index contributed by atoms with van der Waals surface area (Å²) in [6.07, 6.45) is 10.1. The maximum atomic E-state index is 13.6. The number of ether oxygens (including phenoxy) is 1. The molecule has 142 valence electrons. The van der Waals surface area contributed by atoms with Gasteiger partial charge in [0.05, 0.1) is 30.4 Å². The molecule has 3 aromatic rings. The van der Waals surface area contributed by atoms with E-state index in [9.17, 15) is 4.39 Å². The first-order valence-electron chi connectivity index (χ1n) is 9.44. The number of pyridine rings is 2. The first kappa shape index (κ1) is 17.1. The van der Waals surface area contributed by atoms with E-state index in [0.29, 0.717) is 6.42 Å². The van der Waals surface area contributed by atoms with Gasteiger partial charge in [0.15, 0.2) is 0 Å². The van der Waals surface area contributed by atoms with Gasteiger partial charge in [-0.2, -0.15) is 0 Å². The molecule has 1 unspecified atom stereocenters. The molecule has 0 amide bonds. The summed E-state index contributed by atoms with van der Waals surface area (Å²) in [5.41, 5.74) is 3.54. The SMILES string of the molecule is FC1C=CC(n2c(-c3ccc(N4CCOCC4)nc3)nc3ccncc32)=CC1. The molecule has 7 heteroatoms. The lowest BCUT2D eigenvalue weighted by Crippen LogP contribution is -2.36. The Morgan fingerprint density at radius 2 is 2.00 bits per heavy atom. The minimum absolute atomic E-state index is 0.361. The van der Waals surface area contributed by atoms with Crippen molar-refractivity contribution in [1.82, 2.24) is 19.5 Å². The van der Waals surface area contributed by atoms with Gasteiger partial charge in [-0.05, 0) is 30.4 Å². The van der Waals surface area contributed by atoms with Crippen LogP contribution in [0, 0.1) is 0 Å². The Balaban J connectivity index is 1.57. The third kappa shape index (κ3) is 3.07. The second-order valence-electron chi connectivity index (χ2n) is 6.88. The molecule has 4 heterocycles. The van der Waals surface area contributed by atoms with Crippen molar-refractivity contribution in [2.75, 3.05) is 31.2 Å². The third-order valence-electron chi connectivity index (χ3n) is 5.08. The molecule has 5 rings (SSSR count). The van der Waals surface area contributed by atoms with Crippen molar-refractivity contribution in [2.45, 2.75) is 12.6 Å². The number of nitrogens with zero attached hydrogens (tertiary/aromatic N) is 5. The number of imidazole rings is 1. The second-order valence-corrected chi connectivity index (χ2v) is 6.88. The van der Waals surface area contributed by atoms with Crippen LogP contribution in [0.3, 0.4) is 0 Å². The van der Waals surface area contributed by atoms with Crippen LogP contribution in [0.1, 0.15) is 6.42 Å². The van der Waals surface area contributed by atoms with Gasteiger partial charge in [-0.3, -0.25) is 9.55 Å². The molecular formula is C21H20FN5O. The fraction of sp³-hybridized carbons (Fsp3) is 0.286. The standard InChI is InChI=1S/C21H20FN5O/c22-16-2-4-17(5-3-16)27-19-14-23-8-7-18(19)25-21(27)15-1-6-20(24-13-15)26-9-11-28-12-10-26/h1-2,4-8,13-14,16H,3,9-12H2. The van der Waals surface area contributed by atoms with Gasteiger partial charge in [-0.25, -0.2) is 14.4 Å². The van der Waals surface area contributed by atoms with Crippen molar-refractivity contribution in [3.63, 3.8) is 0 Å². The molecular weight excluding hydrogens is 357 g/mol. The fourth-order valence-corrected chi connectivity index (χ4v) is 3.63. The Morgan fingerprint density at radius 1 is 1.11 bits per heavy atom. The normalized spacial score (nSPS) is 19.8. The van der Waals surface area contributed by atoms with Gasteiger partial charge in [0, 0.05) is 43.2 Å². The van der Waals surface area contributed by atoms with Crippen molar-refractivity contribution in [3.05, 3.63) is 55.0 Å². The monoisotopic (exact) mass is 377 g/mol. The first-order chi connectivity index (χ1) is 13.8. The van der Waals surface area contributed by atoms with Gasteiger partial charge in [-0.15, -0.1) is 0 Å². The lowest BCUT2D eigenvalue weighted by atomic mass is 10.1. The molecule has 1 atom stereocenters. The van der Waals surface area contributed by atoms with E-state index in [1.807, 2.05) is 35.0 Å². The van der Waals surface area contributed by atoms with E-state index in [1.165, 1.54) is 0 Å². The minimum atomic E-state index is -0.936. The predicted octanol–water partition coefficient (Wildman–Crippen LogP) is 3.47. The number of halogens is 1. The second kappa shape index (κ2) is 7.16. The Morgan fingerprint density at radius 3 is 2.75 bits per heavy atom. The van der Waals surface area contributed by atoms with Gasteiger partial charge >= 0.3 is 0 Å². The highest BCUT2D eigenvalue weighted by Crippen LogP contribution is 2.30. The predicted molar refractivity (Wildman–Crippen MR) is 107 cm³/mol. The van der Waals surface area contributed by atoms with E-state index in [0.717, 1.165) is 60.2 Å². The molecule has 0 saturated carbocycles. The fourth-order valence-electron chi connectivity index (χ4n) is 3.63. The first-order valence-corrected chi connectivity index (χ1v) is 9.44. The summed E-state index contributed by atoms with van der Waals surface area (Å²) in [7, 11) is 0. The van der Waals surface area contributed by atoms with E-state index < -0.39 is 6.17 Å². The molecule has 6 nitrogen and oxygen atoms in total. The van der Waals surface area contributed by atoms with Crippen molar-refractivity contribution in [2.24, 2.45) is 0 Å². The van der Waals surface area contributed by atoms with Crippen LogP contribution in [0.4, 0.5) is 10.2 Å². The summed E-state index contributed by atoms with van der Waals surface area (Å²) in [4.78, 5) is 15.9. The van der Waals surface area contributed by atoms with E-state index in [-0.39, 0.29) is 0 Å². The number of allylic oxidation sites excluding steroid dienone is 4. The number of alkyl halides is 1. The van der Waals surface area contributed by atoms with Gasteiger partial charge in [0.25, 0.3) is 0 Å². The Bertz CT molecular complexity index is 1050. The summed E-state index contributed by atoms with van der Waals surface area (Å²) in [5, 5.41) is 0. The summed E-state index contributed by atoms with van der Waals surface area (Å²) < 4.78 is 21.0. The molecule has 0 radical (unpaired) electrons. The van der Waals surface area contributed by atoms with Crippen molar-refractivity contribution < 1.29 is 9.13 Å². The van der Waals surface area contributed by atoms with E-state index in [1.54, 1.807) is 24.5 Å². The highest BCUT2D eigenvalue weighted by Gasteiger charge is 2.18. The smallest absolute Gasteiger partial charge is 0.147 e. The van der Waals surface area contributed by atoms with Crippen LogP contribution in [-0.4, -0.2) is 52.0 Å². The van der Waals surface area contributed by atoms with Crippen LogP contribution in [0.5, 0.6) is 0 Å². The van der Waals surface area contributed by atoms with Crippen LogP contribution in [0.2, 0.25) is 0 Å². The zero-order valence-corrected chi connectivity index (χ0v) is 15.3. The molecule has 1 saturated heterocycles. The van der Waals surface area contributed by atoms with Crippen LogP contribution in [-0.2, 0) is 4.74 Å². The molecule has 2 aliphatic rings. The Hall–Kier alpha value is -3.06. The van der Waals surface area contributed by atoms with Crippen LogP contribution in [0.15, 0.2) is 55.0 Å². The molecule has 3 aromatic heterocycles. The van der Waals surface area contributed by atoms with Gasteiger partial charge in [-0.1, -0.05) is 6.08 Å². The largest absolute Gasteiger partial charge is 0.378 e. The number of fused-ring (bicyclic) bond motifs is 1. The van der Waals surface area contributed by atoms with E-state index >= 15 is 0 Å². The number of hydrogen-bond donors (Lipinski definition) is 0. The molecule has 1 aliphatic carbocycles. The topological polar surface area (TPSA) is 56.1 Å². The number of morpholine rings is 1. The maximum Gasteiger partial charge on any atom is 0.147 e. The average molecular weight is 377 g/mol. The zero-order chi connectivity index (χ0) is 18.9. The number of rotatable bonds is 3. The number of hydrogen-bond acceptors (Lipinski definition) is 5. The van der Waals surface area contributed by atoms with Crippen molar-refractivity contribution >= 4 is 22.5 Å². The lowest BCUT2D eigenvalue weighted by Gasteiger charge is -2.27. The molecule has 0 spiro atoms. The third-order valence-corrected chi connectivity index (χ3v) is 5.08. The Labute approximate surface area is 162 Å². The average Bonchev–Trinajstić information content (AvgIpc) is 3.15. The van der Waals surface area contributed by atoms with Crippen LogP contribution < -0.4 is 4.90 Å². The molecule has 0 aromatic carbocycles. The zero-order valence-electron chi connectivity index (χ0n) is 15.3. The summed E-state index contributed by atoms with van der Waals surface area (Å²) in [6, 6.07) is 5.94. The van der Waals surface area contributed by atoms with Crippen molar-refractivity contribution in [3.8, 4) is 11.4 Å². The molecule has 0 N–H and O–H groups in total. The molecule has 0 bridgehead atoms. The van der Waals surface area contributed by atoms with Gasteiger partial charge < -0.3 is 9.64 Å². The van der Waals surface area contributed by atoms with E-state index in [2.05, 4.69) is 14.9 Å². The molecule has 1 aliphatic heterocycles. The summed E-state index contributed by atoms with van der Waals surface area (Å²) >= 11 is 0. The highest BCUT2D eigenvalue weighted by molar-refractivity contribution is 5.86. The van der Waals surface area contributed by atoms with Crippen molar-refractivity contribution in [1.29, 1.82) is 0 Å². The molecule has 1 fully saturated rings. The quantitative estimate of drug-likeness (QED) is 0.700. The Kier molecular flexibility index (Phi) is 4.37. The summed E-state index contributed by atoms with van der Waals surface area (Å²) in [5.74, 6) is 1.71. The number of anilines is 1. The molecule has 28 heavy (non-hydrogen) atoms. The van der Waals surface area contributed by atoms with Crippen LogP contribution >= 0.6 is 0 Å². The minimum Gasteiger partial charge on any atom is -0.378 e. The van der Waals surface area contributed by atoms with E-state index in [4.69, 9.17) is 9.72 Å². The van der Waals surface area contributed by atoms with Gasteiger partial charge in [0.2, 0.25) is 0 Å².